The summed E-state index contributed by atoms with van der Waals surface area (Å²) in [6.07, 6.45) is 5.51. The van der Waals surface area contributed by atoms with Crippen molar-refractivity contribution >= 4 is 11.9 Å². The molecule has 1 saturated heterocycles. The van der Waals surface area contributed by atoms with Gasteiger partial charge in [-0.1, -0.05) is 25.7 Å². The molecule has 0 aromatic heterocycles. The van der Waals surface area contributed by atoms with E-state index in [1.165, 1.54) is 12.5 Å². The number of esters is 2. The quantitative estimate of drug-likeness (QED) is 0.734. The third-order valence-electron chi connectivity index (χ3n) is 4.05. The molecule has 104 valence electrons. The highest BCUT2D eigenvalue weighted by Gasteiger charge is 2.45. The second-order valence-corrected chi connectivity index (χ2v) is 5.33. The van der Waals surface area contributed by atoms with Gasteiger partial charge >= 0.3 is 11.9 Å². The average molecular weight is 264 g/mol. The van der Waals surface area contributed by atoms with Gasteiger partial charge in [0.2, 0.25) is 0 Å². The number of carbonyl (C=O) groups excluding carboxylic acids is 2. The van der Waals surface area contributed by atoms with E-state index in [9.17, 15) is 9.59 Å². The molecule has 0 saturated carbocycles. The molecular formula is C15H20O4. The van der Waals surface area contributed by atoms with E-state index in [1.807, 2.05) is 6.08 Å². The maximum absolute atomic E-state index is 11.9. The topological polar surface area (TPSA) is 52.6 Å². The SMILES string of the molecule is C=CC1=CC[C@@H]2C(COC(C)=O)C(=O)O[C@@H]2C[C@@H]1C. The molecule has 1 heterocycles. The second-order valence-electron chi connectivity index (χ2n) is 5.33. The summed E-state index contributed by atoms with van der Waals surface area (Å²) in [5, 5.41) is 0. The van der Waals surface area contributed by atoms with Crippen LogP contribution in [0.4, 0.5) is 0 Å². The summed E-state index contributed by atoms with van der Waals surface area (Å²) in [5.41, 5.74) is 1.21. The Morgan fingerprint density at radius 3 is 3.00 bits per heavy atom. The van der Waals surface area contributed by atoms with E-state index in [4.69, 9.17) is 9.47 Å². The van der Waals surface area contributed by atoms with E-state index in [0.29, 0.717) is 5.92 Å². The van der Waals surface area contributed by atoms with Crippen LogP contribution in [0.3, 0.4) is 0 Å². The van der Waals surface area contributed by atoms with Crippen molar-refractivity contribution in [3.8, 4) is 0 Å². The maximum atomic E-state index is 11.9. The van der Waals surface area contributed by atoms with Gasteiger partial charge in [0.15, 0.2) is 0 Å². The molecule has 0 N–H and O–H groups in total. The first kappa shape index (κ1) is 13.8. The molecule has 2 rings (SSSR count). The van der Waals surface area contributed by atoms with E-state index < -0.39 is 0 Å². The Morgan fingerprint density at radius 1 is 1.63 bits per heavy atom. The molecule has 0 amide bonds. The fourth-order valence-electron chi connectivity index (χ4n) is 2.94. The van der Waals surface area contributed by atoms with Gasteiger partial charge in [-0.2, -0.15) is 0 Å². The summed E-state index contributed by atoms with van der Waals surface area (Å²) in [6.45, 7) is 7.41. The van der Waals surface area contributed by atoms with Crippen molar-refractivity contribution in [1.29, 1.82) is 0 Å². The van der Waals surface area contributed by atoms with E-state index in [1.54, 1.807) is 0 Å². The van der Waals surface area contributed by atoms with E-state index in [0.717, 1.165) is 12.8 Å². The first-order chi connectivity index (χ1) is 9.02. The smallest absolute Gasteiger partial charge is 0.313 e. The van der Waals surface area contributed by atoms with Gasteiger partial charge in [-0.25, -0.2) is 0 Å². The number of rotatable bonds is 3. The molecule has 1 fully saturated rings. The number of ether oxygens (including phenoxy) is 2. The molecule has 1 unspecified atom stereocenters. The Labute approximate surface area is 113 Å². The summed E-state index contributed by atoms with van der Waals surface area (Å²) in [5.74, 6) is -0.486. The molecule has 19 heavy (non-hydrogen) atoms. The predicted molar refractivity (Wildman–Crippen MR) is 70.2 cm³/mol. The molecule has 1 aliphatic heterocycles. The van der Waals surface area contributed by atoms with Crippen LogP contribution in [0.15, 0.2) is 24.3 Å². The summed E-state index contributed by atoms with van der Waals surface area (Å²) >= 11 is 0. The fraction of sp³-hybridized carbons (Fsp3) is 0.600. The van der Waals surface area contributed by atoms with Crippen molar-refractivity contribution < 1.29 is 19.1 Å². The standard InChI is InChI=1S/C15H20O4/c1-4-11-5-6-12-13(8-18-10(3)16)15(17)19-14(12)7-9(11)2/h4-5,9,12-14H,1,6-8H2,2-3H3/t9-,12+,13?,14+/m0/s1. The van der Waals surface area contributed by atoms with Crippen molar-refractivity contribution in [3.05, 3.63) is 24.3 Å². The third-order valence-corrected chi connectivity index (χ3v) is 4.05. The first-order valence-corrected chi connectivity index (χ1v) is 6.69. The van der Waals surface area contributed by atoms with Gasteiger partial charge in [0.25, 0.3) is 0 Å². The van der Waals surface area contributed by atoms with Crippen LogP contribution in [0.5, 0.6) is 0 Å². The molecule has 0 aromatic carbocycles. The number of fused-ring (bicyclic) bond motifs is 1. The lowest BCUT2D eigenvalue weighted by Gasteiger charge is -2.19. The molecule has 1 aliphatic carbocycles. The van der Waals surface area contributed by atoms with Crippen molar-refractivity contribution in [1.82, 2.24) is 0 Å². The highest BCUT2D eigenvalue weighted by Crippen LogP contribution is 2.39. The number of carbonyl (C=O) groups is 2. The van der Waals surface area contributed by atoms with Crippen LogP contribution >= 0.6 is 0 Å². The van der Waals surface area contributed by atoms with Crippen LogP contribution in [-0.4, -0.2) is 24.6 Å². The van der Waals surface area contributed by atoms with Crippen LogP contribution < -0.4 is 0 Å². The highest BCUT2D eigenvalue weighted by molar-refractivity contribution is 5.76. The maximum Gasteiger partial charge on any atom is 0.313 e. The highest BCUT2D eigenvalue weighted by atomic mass is 16.6. The van der Waals surface area contributed by atoms with Crippen LogP contribution in [0.25, 0.3) is 0 Å². The molecule has 0 bridgehead atoms. The summed E-state index contributed by atoms with van der Waals surface area (Å²) in [7, 11) is 0. The minimum Gasteiger partial charge on any atom is -0.465 e. The second kappa shape index (κ2) is 5.59. The molecule has 0 radical (unpaired) electrons. The number of allylic oxidation sites excluding steroid dienone is 3. The van der Waals surface area contributed by atoms with Crippen LogP contribution in [0.1, 0.15) is 26.7 Å². The zero-order valence-electron chi connectivity index (χ0n) is 11.4. The minimum atomic E-state index is -0.361. The van der Waals surface area contributed by atoms with E-state index in [-0.39, 0.29) is 36.5 Å². The number of hydrogen-bond acceptors (Lipinski definition) is 4. The largest absolute Gasteiger partial charge is 0.465 e. The average Bonchev–Trinajstić information content (AvgIpc) is 2.53. The van der Waals surface area contributed by atoms with E-state index in [2.05, 4.69) is 19.6 Å². The molecule has 4 heteroatoms. The van der Waals surface area contributed by atoms with Crippen molar-refractivity contribution in [3.63, 3.8) is 0 Å². The first-order valence-electron chi connectivity index (χ1n) is 6.69. The van der Waals surface area contributed by atoms with Gasteiger partial charge in [0.1, 0.15) is 12.7 Å². The molecule has 0 aromatic rings. The Hall–Kier alpha value is -1.58. The molecule has 0 spiro atoms. The fourth-order valence-corrected chi connectivity index (χ4v) is 2.94. The van der Waals surface area contributed by atoms with Crippen molar-refractivity contribution in [2.24, 2.45) is 17.8 Å². The summed E-state index contributed by atoms with van der Waals surface area (Å²) in [4.78, 5) is 22.8. The van der Waals surface area contributed by atoms with Crippen LogP contribution in [-0.2, 0) is 19.1 Å². The molecule has 4 nitrogen and oxygen atoms in total. The lowest BCUT2D eigenvalue weighted by molar-refractivity contribution is -0.149. The Balaban J connectivity index is 2.11. The number of hydrogen-bond donors (Lipinski definition) is 0. The Bertz CT molecular complexity index is 424. The minimum absolute atomic E-state index is 0.0724. The summed E-state index contributed by atoms with van der Waals surface area (Å²) in [6, 6.07) is 0. The molecule has 2 aliphatic rings. The van der Waals surface area contributed by atoms with Crippen LogP contribution in [0, 0.1) is 17.8 Å². The Morgan fingerprint density at radius 2 is 2.37 bits per heavy atom. The summed E-state index contributed by atoms with van der Waals surface area (Å²) < 4.78 is 10.4. The van der Waals surface area contributed by atoms with Gasteiger partial charge < -0.3 is 9.47 Å². The van der Waals surface area contributed by atoms with E-state index >= 15 is 0 Å². The van der Waals surface area contributed by atoms with Gasteiger partial charge in [-0.15, -0.1) is 0 Å². The van der Waals surface area contributed by atoms with Gasteiger partial charge in [-0.05, 0) is 24.3 Å². The lowest BCUT2D eigenvalue weighted by atomic mass is 9.86. The van der Waals surface area contributed by atoms with Gasteiger partial charge in [0.05, 0.1) is 5.92 Å². The van der Waals surface area contributed by atoms with Crippen molar-refractivity contribution in [2.75, 3.05) is 6.61 Å². The zero-order valence-corrected chi connectivity index (χ0v) is 11.4. The zero-order chi connectivity index (χ0) is 14.0. The lowest BCUT2D eigenvalue weighted by Crippen LogP contribution is -2.25. The van der Waals surface area contributed by atoms with Gasteiger partial charge in [0, 0.05) is 12.8 Å². The Kier molecular flexibility index (Phi) is 4.08. The monoisotopic (exact) mass is 264 g/mol. The third kappa shape index (κ3) is 2.88. The molecular weight excluding hydrogens is 244 g/mol. The predicted octanol–water partition coefficient (Wildman–Crippen LogP) is 2.25. The van der Waals surface area contributed by atoms with Crippen molar-refractivity contribution in [2.45, 2.75) is 32.8 Å². The molecule has 4 atom stereocenters. The van der Waals surface area contributed by atoms with Gasteiger partial charge in [-0.3, -0.25) is 9.59 Å². The normalized spacial score (nSPS) is 33.8. The van der Waals surface area contributed by atoms with Crippen LogP contribution in [0.2, 0.25) is 0 Å².